The van der Waals surface area contributed by atoms with E-state index in [1.54, 1.807) is 0 Å². The van der Waals surface area contributed by atoms with Crippen molar-refractivity contribution in [2.45, 2.75) is 24.9 Å². The number of nitrogens with zero attached hydrogens (tertiary/aromatic N) is 3. The van der Waals surface area contributed by atoms with Gasteiger partial charge in [0.15, 0.2) is 5.03 Å². The van der Waals surface area contributed by atoms with E-state index in [1.165, 1.54) is 4.31 Å². The van der Waals surface area contributed by atoms with Gasteiger partial charge in [-0.05, 0) is 13.8 Å². The number of hydrogen-bond acceptors (Lipinski definition) is 5. The fourth-order valence-electron chi connectivity index (χ4n) is 2.21. The molecular formula is C11H18N4O4S. The molecule has 1 aliphatic rings. The highest BCUT2D eigenvalue weighted by molar-refractivity contribution is 7.89. The van der Waals surface area contributed by atoms with E-state index in [1.807, 2.05) is 0 Å². The molecular weight excluding hydrogens is 284 g/mol. The largest absolute Gasteiger partial charge is 0.478 e. The van der Waals surface area contributed by atoms with Gasteiger partial charge in [0.2, 0.25) is 0 Å². The lowest BCUT2D eigenvalue weighted by Crippen LogP contribution is -2.50. The van der Waals surface area contributed by atoms with Crippen molar-refractivity contribution in [1.82, 2.24) is 19.4 Å². The van der Waals surface area contributed by atoms with Crippen molar-refractivity contribution in [3.05, 3.63) is 11.8 Å². The van der Waals surface area contributed by atoms with Crippen LogP contribution in [0, 0.1) is 0 Å². The standard InChI is InChI=1S/C11H18N4O4S/c1-8(2)14-3-5-15(6-4-14)20(18,19)10-9(11(16)17)7-12-13-10/h7-8H,3-6H2,1-2H3,(H,12,13)(H,16,17). The highest BCUT2D eigenvalue weighted by Crippen LogP contribution is 2.19. The molecule has 1 fully saturated rings. The zero-order valence-corrected chi connectivity index (χ0v) is 12.2. The zero-order valence-electron chi connectivity index (χ0n) is 11.4. The summed E-state index contributed by atoms with van der Waals surface area (Å²) in [5.74, 6) is -1.31. The van der Waals surface area contributed by atoms with Gasteiger partial charge in [0.05, 0.1) is 6.20 Å². The van der Waals surface area contributed by atoms with Gasteiger partial charge in [-0.2, -0.15) is 9.40 Å². The fraction of sp³-hybridized carbons (Fsp3) is 0.636. The number of aromatic carboxylic acids is 1. The summed E-state index contributed by atoms with van der Waals surface area (Å²) in [6, 6.07) is 0.363. The second-order valence-corrected chi connectivity index (χ2v) is 6.83. The van der Waals surface area contributed by atoms with Crippen LogP contribution in [0.1, 0.15) is 24.2 Å². The van der Waals surface area contributed by atoms with Crippen LogP contribution in [0.5, 0.6) is 0 Å². The summed E-state index contributed by atoms with van der Waals surface area (Å²) in [5.41, 5.74) is -0.323. The van der Waals surface area contributed by atoms with Gasteiger partial charge in [0.1, 0.15) is 5.56 Å². The molecule has 0 atom stereocenters. The Kier molecular flexibility index (Phi) is 4.11. The van der Waals surface area contributed by atoms with Crippen molar-refractivity contribution in [2.75, 3.05) is 26.2 Å². The first-order valence-electron chi connectivity index (χ1n) is 6.35. The molecule has 9 heteroatoms. The molecule has 2 heterocycles. The van der Waals surface area contributed by atoms with Crippen molar-refractivity contribution < 1.29 is 18.3 Å². The van der Waals surface area contributed by atoms with Crippen molar-refractivity contribution in [3.8, 4) is 0 Å². The van der Waals surface area contributed by atoms with Crippen LogP contribution >= 0.6 is 0 Å². The molecule has 0 aromatic carbocycles. The number of aromatic nitrogens is 2. The van der Waals surface area contributed by atoms with E-state index in [2.05, 4.69) is 28.9 Å². The number of sulfonamides is 1. The molecule has 2 rings (SSSR count). The van der Waals surface area contributed by atoms with Crippen LogP contribution in [0.15, 0.2) is 11.2 Å². The number of piperazine rings is 1. The van der Waals surface area contributed by atoms with E-state index in [4.69, 9.17) is 5.11 Å². The third-order valence-electron chi connectivity index (χ3n) is 3.44. The maximum Gasteiger partial charge on any atom is 0.340 e. The molecule has 1 aromatic rings. The molecule has 112 valence electrons. The first-order chi connectivity index (χ1) is 9.34. The first kappa shape index (κ1) is 14.9. The van der Waals surface area contributed by atoms with Crippen LogP contribution in [0.2, 0.25) is 0 Å². The molecule has 20 heavy (non-hydrogen) atoms. The monoisotopic (exact) mass is 302 g/mol. The average Bonchev–Trinajstić information content (AvgIpc) is 2.89. The molecule has 0 amide bonds. The normalized spacial score (nSPS) is 18.6. The van der Waals surface area contributed by atoms with E-state index in [9.17, 15) is 13.2 Å². The van der Waals surface area contributed by atoms with Gasteiger partial charge >= 0.3 is 5.97 Å². The molecule has 0 radical (unpaired) electrons. The number of carboxylic acids is 1. The van der Waals surface area contributed by atoms with E-state index in [-0.39, 0.29) is 10.6 Å². The first-order valence-corrected chi connectivity index (χ1v) is 7.79. The molecule has 1 saturated heterocycles. The summed E-state index contributed by atoms with van der Waals surface area (Å²) in [6.07, 6.45) is 1.01. The number of hydrogen-bond donors (Lipinski definition) is 2. The van der Waals surface area contributed by atoms with E-state index in [0.29, 0.717) is 32.2 Å². The van der Waals surface area contributed by atoms with Gasteiger partial charge in [-0.1, -0.05) is 0 Å². The Morgan fingerprint density at radius 2 is 1.95 bits per heavy atom. The molecule has 1 aliphatic heterocycles. The van der Waals surface area contributed by atoms with Gasteiger partial charge in [-0.3, -0.25) is 10.00 Å². The maximum absolute atomic E-state index is 12.4. The molecule has 0 aliphatic carbocycles. The van der Waals surface area contributed by atoms with Gasteiger partial charge in [-0.25, -0.2) is 13.2 Å². The number of carbonyl (C=O) groups is 1. The summed E-state index contributed by atoms with van der Waals surface area (Å²) in [7, 11) is -3.84. The second-order valence-electron chi connectivity index (χ2n) is 4.95. The van der Waals surface area contributed by atoms with Crippen LogP contribution in [0.3, 0.4) is 0 Å². The third kappa shape index (κ3) is 2.69. The molecule has 0 spiro atoms. The fourth-order valence-corrected chi connectivity index (χ4v) is 3.70. The number of rotatable bonds is 4. The summed E-state index contributed by atoms with van der Waals surface area (Å²) in [5, 5.41) is 14.4. The minimum atomic E-state index is -3.84. The lowest BCUT2D eigenvalue weighted by atomic mass is 10.3. The summed E-state index contributed by atoms with van der Waals surface area (Å²) < 4.78 is 26.1. The van der Waals surface area contributed by atoms with Gasteiger partial charge in [-0.15, -0.1) is 0 Å². The maximum atomic E-state index is 12.4. The third-order valence-corrected chi connectivity index (χ3v) is 5.31. The van der Waals surface area contributed by atoms with Gasteiger partial charge in [0, 0.05) is 32.2 Å². The Labute approximate surface area is 117 Å². The lowest BCUT2D eigenvalue weighted by Gasteiger charge is -2.35. The van der Waals surface area contributed by atoms with Crippen LogP contribution in [-0.4, -0.2) is 71.1 Å². The second kappa shape index (κ2) is 5.51. The lowest BCUT2D eigenvalue weighted by molar-refractivity contribution is 0.0692. The molecule has 0 bridgehead atoms. The van der Waals surface area contributed by atoms with E-state index >= 15 is 0 Å². The van der Waals surface area contributed by atoms with Gasteiger partial charge in [0.25, 0.3) is 10.0 Å². The number of nitrogens with one attached hydrogen (secondary N) is 1. The quantitative estimate of drug-likeness (QED) is 0.799. The molecule has 1 aromatic heterocycles. The Bertz CT molecular complexity index is 587. The SMILES string of the molecule is CC(C)N1CCN(S(=O)(=O)c2[nH]ncc2C(=O)O)CC1. The predicted molar refractivity (Wildman–Crippen MR) is 71.0 cm³/mol. The summed E-state index contributed by atoms with van der Waals surface area (Å²) >= 11 is 0. The predicted octanol–water partition coefficient (Wildman–Crippen LogP) is -0.177. The Morgan fingerprint density at radius 1 is 1.35 bits per heavy atom. The topological polar surface area (TPSA) is 107 Å². The average molecular weight is 302 g/mol. The Balaban J connectivity index is 2.20. The summed E-state index contributed by atoms with van der Waals surface area (Å²) in [6.45, 7) is 6.07. The van der Waals surface area contributed by atoms with Crippen molar-refractivity contribution in [2.24, 2.45) is 0 Å². The van der Waals surface area contributed by atoms with Crippen LogP contribution in [0.4, 0.5) is 0 Å². The number of aromatic amines is 1. The smallest absolute Gasteiger partial charge is 0.340 e. The minimum absolute atomic E-state index is 0.323. The van der Waals surface area contributed by atoms with Gasteiger partial charge < -0.3 is 5.11 Å². The zero-order chi connectivity index (χ0) is 14.9. The highest BCUT2D eigenvalue weighted by Gasteiger charge is 2.33. The molecule has 2 N–H and O–H groups in total. The summed E-state index contributed by atoms with van der Waals surface area (Å²) in [4.78, 5) is 13.2. The van der Waals surface area contributed by atoms with E-state index < -0.39 is 16.0 Å². The number of H-pyrrole nitrogens is 1. The molecule has 0 saturated carbocycles. The minimum Gasteiger partial charge on any atom is -0.478 e. The molecule has 0 unspecified atom stereocenters. The highest BCUT2D eigenvalue weighted by atomic mass is 32.2. The van der Waals surface area contributed by atoms with Crippen molar-refractivity contribution >= 4 is 16.0 Å². The van der Waals surface area contributed by atoms with Crippen molar-refractivity contribution in [1.29, 1.82) is 0 Å². The van der Waals surface area contributed by atoms with E-state index in [0.717, 1.165) is 6.20 Å². The van der Waals surface area contributed by atoms with Crippen molar-refractivity contribution in [3.63, 3.8) is 0 Å². The number of carboxylic acid groups (broad SMARTS) is 1. The Hall–Kier alpha value is -1.45. The van der Waals surface area contributed by atoms with Crippen LogP contribution in [-0.2, 0) is 10.0 Å². The Morgan fingerprint density at radius 3 is 2.45 bits per heavy atom. The van der Waals surface area contributed by atoms with Crippen LogP contribution < -0.4 is 0 Å². The van der Waals surface area contributed by atoms with Crippen LogP contribution in [0.25, 0.3) is 0 Å². The molecule has 8 nitrogen and oxygen atoms in total.